The van der Waals surface area contributed by atoms with Gasteiger partial charge in [0.15, 0.2) is 0 Å². The van der Waals surface area contributed by atoms with Crippen LogP contribution in [0.15, 0.2) is 24.3 Å². The average molecular weight is 288 g/mol. The van der Waals surface area contributed by atoms with Crippen molar-refractivity contribution in [3.05, 3.63) is 29.8 Å². The molecule has 0 spiro atoms. The minimum Gasteiger partial charge on any atom is -0.488 e. The summed E-state index contributed by atoms with van der Waals surface area (Å²) in [6.45, 7) is 10.2. The van der Waals surface area contributed by atoms with E-state index in [4.69, 9.17) is 4.74 Å². The van der Waals surface area contributed by atoms with Gasteiger partial charge < -0.3 is 10.1 Å². The number of para-hydroxylation sites is 1. The van der Waals surface area contributed by atoms with Gasteiger partial charge in [-0.25, -0.2) is 0 Å². The predicted octanol–water partition coefficient (Wildman–Crippen LogP) is 2.84. The maximum atomic E-state index is 6.14. The molecule has 3 nitrogen and oxygen atoms in total. The van der Waals surface area contributed by atoms with Crippen molar-refractivity contribution >= 4 is 0 Å². The van der Waals surface area contributed by atoms with E-state index in [1.807, 2.05) is 0 Å². The molecular formula is C18H28N2O. The fourth-order valence-electron chi connectivity index (χ4n) is 3.55. The summed E-state index contributed by atoms with van der Waals surface area (Å²) >= 11 is 0. The van der Waals surface area contributed by atoms with Crippen LogP contribution < -0.4 is 10.1 Å². The number of hydrogen-bond acceptors (Lipinski definition) is 3. The second-order valence-corrected chi connectivity index (χ2v) is 7.14. The molecule has 116 valence electrons. The minimum absolute atomic E-state index is 0.211. The van der Waals surface area contributed by atoms with Crippen LogP contribution in [-0.4, -0.2) is 42.2 Å². The molecule has 3 rings (SSSR count). The van der Waals surface area contributed by atoms with Crippen molar-refractivity contribution in [1.29, 1.82) is 0 Å². The third kappa shape index (κ3) is 3.24. The number of ether oxygens (including phenoxy) is 1. The van der Waals surface area contributed by atoms with Gasteiger partial charge in [0.05, 0.1) is 0 Å². The van der Waals surface area contributed by atoms with Gasteiger partial charge in [0, 0.05) is 37.6 Å². The average Bonchev–Trinajstić information content (AvgIpc) is 2.85. The normalized spacial score (nSPS) is 28.1. The standard InChI is InChI=1S/C18H28N2O/c1-4-7-15-11-20(18(2,3)13-19-15)12-16-10-14-8-5-6-9-17(14)21-16/h5-6,8-9,15-16,19H,4,7,10-13H2,1-3H3. The molecule has 0 aliphatic carbocycles. The van der Waals surface area contributed by atoms with Crippen LogP contribution in [0.25, 0.3) is 0 Å². The van der Waals surface area contributed by atoms with Crippen LogP contribution in [0.5, 0.6) is 5.75 Å². The first-order valence-corrected chi connectivity index (χ1v) is 8.31. The van der Waals surface area contributed by atoms with Gasteiger partial charge in [-0.1, -0.05) is 31.5 Å². The Balaban J connectivity index is 1.63. The monoisotopic (exact) mass is 288 g/mol. The first-order valence-electron chi connectivity index (χ1n) is 8.31. The zero-order chi connectivity index (χ0) is 14.9. The maximum Gasteiger partial charge on any atom is 0.123 e. The number of rotatable bonds is 4. The van der Waals surface area contributed by atoms with Crippen LogP contribution in [-0.2, 0) is 6.42 Å². The Morgan fingerprint density at radius 1 is 1.33 bits per heavy atom. The van der Waals surface area contributed by atoms with E-state index in [2.05, 4.69) is 55.3 Å². The van der Waals surface area contributed by atoms with Gasteiger partial charge in [-0.15, -0.1) is 0 Å². The van der Waals surface area contributed by atoms with Crippen LogP contribution in [0.3, 0.4) is 0 Å². The summed E-state index contributed by atoms with van der Waals surface area (Å²) < 4.78 is 6.14. The number of nitrogens with one attached hydrogen (secondary N) is 1. The molecule has 0 amide bonds. The van der Waals surface area contributed by atoms with E-state index in [-0.39, 0.29) is 5.54 Å². The highest BCUT2D eigenvalue weighted by Crippen LogP contribution is 2.30. The summed E-state index contributed by atoms with van der Waals surface area (Å²) in [6, 6.07) is 9.09. The van der Waals surface area contributed by atoms with Crippen molar-refractivity contribution in [2.45, 2.75) is 57.7 Å². The number of benzene rings is 1. The van der Waals surface area contributed by atoms with E-state index in [9.17, 15) is 0 Å². The maximum absolute atomic E-state index is 6.14. The predicted molar refractivity (Wildman–Crippen MR) is 86.9 cm³/mol. The Morgan fingerprint density at radius 3 is 2.90 bits per heavy atom. The molecule has 1 aromatic carbocycles. The Labute approximate surface area is 128 Å². The Hall–Kier alpha value is -1.06. The molecule has 1 N–H and O–H groups in total. The zero-order valence-electron chi connectivity index (χ0n) is 13.6. The lowest BCUT2D eigenvalue weighted by Crippen LogP contribution is -2.63. The first-order chi connectivity index (χ1) is 10.1. The topological polar surface area (TPSA) is 24.5 Å². The third-order valence-corrected chi connectivity index (χ3v) is 4.90. The minimum atomic E-state index is 0.211. The molecule has 3 heteroatoms. The molecule has 0 bridgehead atoms. The van der Waals surface area contributed by atoms with Crippen molar-refractivity contribution in [3.8, 4) is 5.75 Å². The van der Waals surface area contributed by atoms with Crippen molar-refractivity contribution in [2.24, 2.45) is 0 Å². The lowest BCUT2D eigenvalue weighted by atomic mass is 9.95. The van der Waals surface area contributed by atoms with Gasteiger partial charge in [-0.2, -0.15) is 0 Å². The number of fused-ring (bicyclic) bond motifs is 1. The SMILES string of the molecule is CCCC1CN(CC2Cc3ccccc3O2)C(C)(C)CN1. The third-order valence-electron chi connectivity index (χ3n) is 4.90. The van der Waals surface area contributed by atoms with Gasteiger partial charge in [0.1, 0.15) is 11.9 Å². The molecular weight excluding hydrogens is 260 g/mol. The van der Waals surface area contributed by atoms with Crippen molar-refractivity contribution in [2.75, 3.05) is 19.6 Å². The highest BCUT2D eigenvalue weighted by Gasteiger charge is 2.36. The Bertz CT molecular complexity index is 461. The van der Waals surface area contributed by atoms with E-state index < -0.39 is 0 Å². The lowest BCUT2D eigenvalue weighted by molar-refractivity contribution is 0.0314. The second-order valence-electron chi connectivity index (χ2n) is 7.14. The summed E-state index contributed by atoms with van der Waals surface area (Å²) in [5.41, 5.74) is 1.57. The van der Waals surface area contributed by atoms with Gasteiger partial charge in [-0.3, -0.25) is 4.90 Å². The summed E-state index contributed by atoms with van der Waals surface area (Å²) in [7, 11) is 0. The van der Waals surface area contributed by atoms with Gasteiger partial charge >= 0.3 is 0 Å². The molecule has 2 unspecified atom stereocenters. The summed E-state index contributed by atoms with van der Waals surface area (Å²) in [4.78, 5) is 2.63. The van der Waals surface area contributed by atoms with Crippen molar-refractivity contribution in [3.63, 3.8) is 0 Å². The van der Waals surface area contributed by atoms with Gasteiger partial charge in [0.2, 0.25) is 0 Å². The first kappa shape index (κ1) is 14.9. The molecule has 2 atom stereocenters. The van der Waals surface area contributed by atoms with Crippen molar-refractivity contribution < 1.29 is 4.74 Å². The summed E-state index contributed by atoms with van der Waals surface area (Å²) in [6.07, 6.45) is 3.87. The number of piperazine rings is 1. The van der Waals surface area contributed by atoms with E-state index in [0.717, 1.165) is 31.8 Å². The quantitative estimate of drug-likeness (QED) is 0.922. The number of hydrogen-bond donors (Lipinski definition) is 1. The molecule has 0 aromatic heterocycles. The highest BCUT2D eigenvalue weighted by atomic mass is 16.5. The Kier molecular flexibility index (Phi) is 4.23. The van der Waals surface area contributed by atoms with Crippen LogP contribution >= 0.6 is 0 Å². The molecule has 0 radical (unpaired) electrons. The van der Waals surface area contributed by atoms with E-state index >= 15 is 0 Å². The molecule has 1 aromatic rings. The van der Waals surface area contributed by atoms with E-state index in [1.54, 1.807) is 0 Å². The number of nitrogens with zero attached hydrogens (tertiary/aromatic N) is 1. The fourth-order valence-corrected chi connectivity index (χ4v) is 3.55. The van der Waals surface area contributed by atoms with Crippen LogP contribution in [0, 0.1) is 0 Å². The second kappa shape index (κ2) is 5.98. The van der Waals surface area contributed by atoms with E-state index in [1.165, 1.54) is 18.4 Å². The molecule has 21 heavy (non-hydrogen) atoms. The smallest absolute Gasteiger partial charge is 0.123 e. The largest absolute Gasteiger partial charge is 0.488 e. The fraction of sp³-hybridized carbons (Fsp3) is 0.667. The Morgan fingerprint density at radius 2 is 2.14 bits per heavy atom. The van der Waals surface area contributed by atoms with Crippen LogP contribution in [0.4, 0.5) is 0 Å². The summed E-state index contributed by atoms with van der Waals surface area (Å²) in [5, 5.41) is 3.70. The lowest BCUT2D eigenvalue weighted by Gasteiger charge is -2.47. The highest BCUT2D eigenvalue weighted by molar-refractivity contribution is 5.37. The van der Waals surface area contributed by atoms with Crippen molar-refractivity contribution in [1.82, 2.24) is 10.2 Å². The molecule has 1 fully saturated rings. The molecule has 2 heterocycles. The summed E-state index contributed by atoms with van der Waals surface area (Å²) in [5.74, 6) is 1.08. The van der Waals surface area contributed by atoms with Gasteiger partial charge in [-0.05, 0) is 31.9 Å². The molecule has 1 saturated heterocycles. The molecule has 0 saturated carbocycles. The van der Waals surface area contributed by atoms with Crippen LogP contribution in [0.2, 0.25) is 0 Å². The molecule has 2 aliphatic heterocycles. The molecule has 2 aliphatic rings. The van der Waals surface area contributed by atoms with E-state index in [0.29, 0.717) is 12.1 Å². The van der Waals surface area contributed by atoms with Gasteiger partial charge in [0.25, 0.3) is 0 Å². The van der Waals surface area contributed by atoms with Crippen LogP contribution in [0.1, 0.15) is 39.2 Å². The zero-order valence-corrected chi connectivity index (χ0v) is 13.6.